The number of aromatic nitrogens is 3. The number of anilines is 1. The van der Waals surface area contributed by atoms with Crippen LogP contribution in [0.4, 0.5) is 18.9 Å². The van der Waals surface area contributed by atoms with Crippen LogP contribution in [0.2, 0.25) is 0 Å². The van der Waals surface area contributed by atoms with Gasteiger partial charge in [0.25, 0.3) is 9.84 Å². The summed E-state index contributed by atoms with van der Waals surface area (Å²) in [6.07, 6.45) is 6.33. The molecule has 0 amide bonds. The van der Waals surface area contributed by atoms with E-state index in [4.69, 9.17) is 0 Å². The lowest BCUT2D eigenvalue weighted by Crippen LogP contribution is -2.29. The summed E-state index contributed by atoms with van der Waals surface area (Å²) in [7, 11) is -5.53. The number of benzene rings is 2. The molecule has 0 bridgehead atoms. The van der Waals surface area contributed by atoms with Gasteiger partial charge in [-0.3, -0.25) is 9.55 Å². The van der Waals surface area contributed by atoms with E-state index in [9.17, 15) is 31.5 Å². The van der Waals surface area contributed by atoms with Crippen molar-refractivity contribution >= 4 is 26.4 Å². The van der Waals surface area contributed by atoms with Crippen LogP contribution < -0.4 is 10.6 Å². The van der Waals surface area contributed by atoms with Crippen molar-refractivity contribution in [2.45, 2.75) is 36.2 Å². The van der Waals surface area contributed by atoms with Crippen LogP contribution in [0.15, 0.2) is 70.6 Å². The maximum Gasteiger partial charge on any atom is 0.501 e. The molecule has 5 rings (SSSR count). The number of imidazole rings is 1. The molecule has 194 valence electrons. The van der Waals surface area contributed by atoms with Gasteiger partial charge in [-0.15, -0.1) is 0 Å². The summed E-state index contributed by atoms with van der Waals surface area (Å²) in [6.45, 7) is 2.06. The maximum atomic E-state index is 13.1. The molecule has 1 aliphatic rings. The Morgan fingerprint density at radius 2 is 1.62 bits per heavy atom. The Morgan fingerprint density at radius 1 is 0.946 bits per heavy atom. The normalized spacial score (nSPS) is 14.8. The van der Waals surface area contributed by atoms with Crippen molar-refractivity contribution in [1.82, 2.24) is 14.1 Å². The van der Waals surface area contributed by atoms with Gasteiger partial charge >= 0.3 is 11.2 Å². The number of hydrogen-bond donors (Lipinski definition) is 1. The molecule has 4 aromatic rings. The number of piperidine rings is 1. The third-order valence-corrected chi connectivity index (χ3v) is 8.03. The second-order valence-electron chi connectivity index (χ2n) is 8.90. The van der Waals surface area contributed by atoms with Gasteiger partial charge in [-0.1, -0.05) is 0 Å². The lowest BCUT2D eigenvalue weighted by molar-refractivity contribution is -0.0436. The average Bonchev–Trinajstić information content (AvgIpc) is 3.16. The Hall–Kier alpha value is -3.80. The van der Waals surface area contributed by atoms with Crippen LogP contribution in [0, 0.1) is 0 Å². The molecule has 1 aliphatic heterocycles. The number of halogens is 3. The summed E-state index contributed by atoms with van der Waals surface area (Å²) in [5.41, 5.74) is -3.43. The smallest absolute Gasteiger partial charge is 0.493 e. The Morgan fingerprint density at radius 3 is 2.30 bits per heavy atom. The highest BCUT2D eigenvalue weighted by molar-refractivity contribution is 7.92. The van der Waals surface area contributed by atoms with E-state index in [1.165, 1.54) is 17.2 Å². The highest BCUT2D eigenvalue weighted by Gasteiger charge is 2.46. The molecule has 0 radical (unpaired) electrons. The Kier molecular flexibility index (Phi) is 6.22. The van der Waals surface area contributed by atoms with Gasteiger partial charge in [-0.05, 0) is 73.4 Å². The van der Waals surface area contributed by atoms with Crippen molar-refractivity contribution in [3.8, 4) is 11.6 Å². The fraction of sp³-hybridized carbons (Fsp3) is 0.280. The summed E-state index contributed by atoms with van der Waals surface area (Å²) < 4.78 is 63.9. The number of rotatable bonds is 5. The molecule has 37 heavy (non-hydrogen) atoms. The van der Waals surface area contributed by atoms with Gasteiger partial charge in [0, 0.05) is 30.4 Å². The van der Waals surface area contributed by atoms with Gasteiger partial charge in [0.15, 0.2) is 0 Å². The van der Waals surface area contributed by atoms with Crippen LogP contribution in [0.25, 0.3) is 16.6 Å². The zero-order valence-corrected chi connectivity index (χ0v) is 20.3. The third-order valence-electron chi connectivity index (χ3n) is 6.52. The van der Waals surface area contributed by atoms with Gasteiger partial charge in [0.2, 0.25) is 5.88 Å². The van der Waals surface area contributed by atoms with Crippen LogP contribution in [0.3, 0.4) is 0 Å². The molecule has 1 saturated heterocycles. The van der Waals surface area contributed by atoms with Crippen molar-refractivity contribution in [3.63, 3.8) is 0 Å². The molecule has 1 N–H and O–H groups in total. The van der Waals surface area contributed by atoms with E-state index in [2.05, 4.69) is 9.88 Å². The first-order valence-corrected chi connectivity index (χ1v) is 13.1. The van der Waals surface area contributed by atoms with Gasteiger partial charge in [-0.25, -0.2) is 17.8 Å². The first kappa shape index (κ1) is 24.9. The predicted octanol–water partition coefficient (Wildman–Crippen LogP) is 4.22. The van der Waals surface area contributed by atoms with Crippen LogP contribution >= 0.6 is 0 Å². The molecule has 12 heteroatoms. The minimum absolute atomic E-state index is 0.0225. The van der Waals surface area contributed by atoms with Crippen LogP contribution in [-0.2, 0) is 16.4 Å². The Bertz CT molecular complexity index is 1620. The Labute approximate surface area is 210 Å². The summed E-state index contributed by atoms with van der Waals surface area (Å²) in [5.74, 6) is -0.441. The van der Waals surface area contributed by atoms with E-state index in [0.29, 0.717) is 0 Å². The zero-order chi connectivity index (χ0) is 26.4. The number of alkyl halides is 3. The largest absolute Gasteiger partial charge is 0.501 e. The third kappa shape index (κ3) is 4.57. The molecule has 0 spiro atoms. The molecule has 0 unspecified atom stereocenters. The molecular weight excluding hydrogens is 509 g/mol. The first-order valence-electron chi connectivity index (χ1n) is 11.6. The minimum Gasteiger partial charge on any atom is -0.493 e. The molecule has 3 heterocycles. The van der Waals surface area contributed by atoms with Gasteiger partial charge in [0.1, 0.15) is 0 Å². The first-order chi connectivity index (χ1) is 17.6. The summed E-state index contributed by atoms with van der Waals surface area (Å²) in [4.78, 5) is 18.9. The number of pyridine rings is 1. The van der Waals surface area contributed by atoms with Crippen LogP contribution in [0.1, 0.15) is 24.8 Å². The van der Waals surface area contributed by atoms with Crippen LogP contribution in [0.5, 0.6) is 5.88 Å². The molecule has 2 aromatic heterocycles. The number of fused-ring (bicyclic) bond motifs is 1. The minimum atomic E-state index is -5.53. The van der Waals surface area contributed by atoms with E-state index in [0.717, 1.165) is 76.9 Å². The number of sulfone groups is 1. The summed E-state index contributed by atoms with van der Waals surface area (Å²) >= 11 is 0. The molecule has 2 aromatic carbocycles. The lowest BCUT2D eigenvalue weighted by atomic mass is 10.1. The lowest BCUT2D eigenvalue weighted by Gasteiger charge is -2.29. The van der Waals surface area contributed by atoms with Gasteiger partial charge in [-0.2, -0.15) is 13.2 Å². The standard InChI is InChI=1S/C25H23F3N4O4S/c26-25(27,28)37(35,36)20-7-4-18(5-8-20)32-23(33)16-31(24(32)34)15-17-10-11-29-22-9-6-19(14-21(17)22)30-12-2-1-3-13-30/h4-11,14,16,33H,1-3,12-13,15H2. The second kappa shape index (κ2) is 9.25. The molecule has 0 aliphatic carbocycles. The van der Waals surface area contributed by atoms with E-state index in [1.54, 1.807) is 12.3 Å². The average molecular weight is 533 g/mol. The van der Waals surface area contributed by atoms with E-state index < -0.39 is 31.8 Å². The van der Waals surface area contributed by atoms with E-state index in [-0.39, 0.29) is 12.2 Å². The molecule has 0 saturated carbocycles. The monoisotopic (exact) mass is 532 g/mol. The van der Waals surface area contributed by atoms with Crippen molar-refractivity contribution in [2.24, 2.45) is 0 Å². The van der Waals surface area contributed by atoms with Crippen molar-refractivity contribution < 1.29 is 26.7 Å². The number of aromatic hydroxyl groups is 1. The SMILES string of the molecule is O=c1n(Cc2ccnc3ccc(N4CCCCC4)cc23)cc(O)n1-c1ccc(S(=O)(=O)C(F)(F)F)cc1. The number of nitrogens with zero attached hydrogens (tertiary/aromatic N) is 4. The topological polar surface area (TPSA) is 97.4 Å². The van der Waals surface area contributed by atoms with Crippen molar-refractivity contribution in [3.05, 3.63) is 77.0 Å². The van der Waals surface area contributed by atoms with E-state index in [1.807, 2.05) is 18.2 Å². The quantitative estimate of drug-likeness (QED) is 0.413. The van der Waals surface area contributed by atoms with Crippen LogP contribution in [-0.4, -0.2) is 46.2 Å². The summed E-state index contributed by atoms with van der Waals surface area (Å²) in [6, 6.07) is 11.4. The van der Waals surface area contributed by atoms with Crippen molar-refractivity contribution in [2.75, 3.05) is 18.0 Å². The number of hydrogen-bond acceptors (Lipinski definition) is 6. The van der Waals surface area contributed by atoms with Gasteiger partial charge < -0.3 is 10.0 Å². The fourth-order valence-electron chi connectivity index (χ4n) is 4.60. The molecule has 8 nitrogen and oxygen atoms in total. The highest BCUT2D eigenvalue weighted by atomic mass is 32.2. The summed E-state index contributed by atoms with van der Waals surface area (Å²) in [5, 5.41) is 11.3. The fourth-order valence-corrected chi connectivity index (χ4v) is 5.37. The second-order valence-corrected chi connectivity index (χ2v) is 10.8. The molecule has 1 fully saturated rings. The Balaban J connectivity index is 1.48. The highest BCUT2D eigenvalue weighted by Crippen LogP contribution is 2.31. The maximum absolute atomic E-state index is 13.1. The predicted molar refractivity (Wildman–Crippen MR) is 132 cm³/mol. The van der Waals surface area contributed by atoms with Crippen molar-refractivity contribution in [1.29, 1.82) is 0 Å². The molecule has 0 atom stereocenters. The zero-order valence-electron chi connectivity index (χ0n) is 19.5. The van der Waals surface area contributed by atoms with Gasteiger partial charge in [0.05, 0.1) is 28.8 Å². The van der Waals surface area contributed by atoms with E-state index >= 15 is 0 Å². The molecular formula is C25H23F3N4O4S.